The molecule has 17 heavy (non-hydrogen) atoms. The summed E-state index contributed by atoms with van der Waals surface area (Å²) in [5.74, 6) is -0.116. The molecule has 2 rings (SSSR count). The van der Waals surface area contributed by atoms with E-state index in [9.17, 15) is 9.18 Å². The van der Waals surface area contributed by atoms with Crippen molar-refractivity contribution in [1.82, 2.24) is 4.90 Å². The average molecular weight is 300 g/mol. The van der Waals surface area contributed by atoms with Crippen LogP contribution in [-0.4, -0.2) is 22.2 Å². The summed E-state index contributed by atoms with van der Waals surface area (Å²) < 4.78 is 13.5. The first-order valence-corrected chi connectivity index (χ1v) is 6.63. The molecule has 2 atom stereocenters. The maximum absolute atomic E-state index is 13.5. The van der Waals surface area contributed by atoms with Gasteiger partial charge < -0.3 is 4.90 Å². The Morgan fingerprint density at radius 1 is 1.53 bits per heavy atom. The third-order valence-corrected chi connectivity index (χ3v) is 4.17. The predicted octanol–water partition coefficient (Wildman–Crippen LogP) is 3.19. The fourth-order valence-corrected chi connectivity index (χ4v) is 2.57. The topological polar surface area (TPSA) is 20.3 Å². The van der Waals surface area contributed by atoms with Crippen LogP contribution in [-0.2, 0) is 4.79 Å². The molecular formula is C13H15BrFNO. The Balaban J connectivity index is 2.22. The lowest BCUT2D eigenvalue weighted by atomic mass is 10.1. The molecule has 92 valence electrons. The molecule has 1 aliphatic heterocycles. The number of carbonyl (C=O) groups excluding carboxylic acids is 1. The van der Waals surface area contributed by atoms with Crippen molar-refractivity contribution >= 4 is 21.8 Å². The van der Waals surface area contributed by atoms with Gasteiger partial charge in [0.25, 0.3) is 0 Å². The summed E-state index contributed by atoms with van der Waals surface area (Å²) in [6.45, 7) is 4.40. The first-order valence-electron chi connectivity index (χ1n) is 5.71. The zero-order valence-corrected chi connectivity index (χ0v) is 11.5. The molecule has 1 heterocycles. The molecule has 0 bridgehead atoms. The first-order chi connectivity index (χ1) is 8.00. The summed E-state index contributed by atoms with van der Waals surface area (Å²) in [5, 5.41) is 0. The molecule has 1 aromatic rings. The number of aryl methyl sites for hydroxylation is 1. The van der Waals surface area contributed by atoms with Crippen molar-refractivity contribution in [3.63, 3.8) is 0 Å². The van der Waals surface area contributed by atoms with Crippen LogP contribution in [0.4, 0.5) is 4.39 Å². The molecule has 0 aliphatic carbocycles. The van der Waals surface area contributed by atoms with Crippen LogP contribution in [0.25, 0.3) is 0 Å². The number of rotatable bonds is 2. The number of halogens is 2. The summed E-state index contributed by atoms with van der Waals surface area (Å²) in [6.07, 6.45) is 0.817. The molecular weight excluding hydrogens is 285 g/mol. The SMILES string of the molecule is Cc1ccc(C(C)N2CCC(Br)C2=O)cc1F. The summed E-state index contributed by atoms with van der Waals surface area (Å²) >= 11 is 3.35. The standard InChI is InChI=1S/C13H15BrFNO/c1-8-3-4-10(7-12(8)15)9(2)16-6-5-11(14)13(16)17/h3-4,7,9,11H,5-6H2,1-2H3. The monoisotopic (exact) mass is 299 g/mol. The number of hydrogen-bond acceptors (Lipinski definition) is 1. The van der Waals surface area contributed by atoms with Crippen LogP contribution in [0.15, 0.2) is 18.2 Å². The zero-order valence-electron chi connectivity index (χ0n) is 9.91. The Morgan fingerprint density at radius 2 is 2.24 bits per heavy atom. The van der Waals surface area contributed by atoms with E-state index in [1.54, 1.807) is 17.9 Å². The van der Waals surface area contributed by atoms with Gasteiger partial charge in [-0.2, -0.15) is 0 Å². The van der Waals surface area contributed by atoms with E-state index in [1.165, 1.54) is 6.07 Å². The average Bonchev–Trinajstić information content (AvgIpc) is 2.63. The van der Waals surface area contributed by atoms with Gasteiger partial charge in [-0.05, 0) is 37.5 Å². The Morgan fingerprint density at radius 3 is 2.76 bits per heavy atom. The van der Waals surface area contributed by atoms with Gasteiger partial charge in [0.15, 0.2) is 0 Å². The van der Waals surface area contributed by atoms with Gasteiger partial charge in [0.2, 0.25) is 5.91 Å². The molecule has 4 heteroatoms. The number of alkyl halides is 1. The molecule has 0 spiro atoms. The normalized spacial score (nSPS) is 22.0. The Bertz CT molecular complexity index is 449. The van der Waals surface area contributed by atoms with E-state index in [1.807, 2.05) is 13.0 Å². The van der Waals surface area contributed by atoms with Crippen molar-refractivity contribution in [2.45, 2.75) is 31.1 Å². The summed E-state index contributed by atoms with van der Waals surface area (Å²) in [7, 11) is 0. The maximum atomic E-state index is 13.5. The number of likely N-dealkylation sites (tertiary alicyclic amines) is 1. The molecule has 1 fully saturated rings. The molecule has 1 aromatic carbocycles. The highest BCUT2D eigenvalue weighted by Gasteiger charge is 2.33. The second kappa shape index (κ2) is 4.77. The van der Waals surface area contributed by atoms with Crippen molar-refractivity contribution in [2.75, 3.05) is 6.54 Å². The minimum absolute atomic E-state index is 0.0693. The van der Waals surface area contributed by atoms with E-state index in [4.69, 9.17) is 0 Å². The lowest BCUT2D eigenvalue weighted by Crippen LogP contribution is -2.30. The summed E-state index contributed by atoms with van der Waals surface area (Å²) in [6, 6.07) is 5.10. The second-order valence-electron chi connectivity index (χ2n) is 4.47. The van der Waals surface area contributed by atoms with Crippen LogP contribution in [0, 0.1) is 12.7 Å². The zero-order chi connectivity index (χ0) is 12.6. The van der Waals surface area contributed by atoms with E-state index in [2.05, 4.69) is 15.9 Å². The highest BCUT2D eigenvalue weighted by atomic mass is 79.9. The predicted molar refractivity (Wildman–Crippen MR) is 68.6 cm³/mol. The lowest BCUT2D eigenvalue weighted by Gasteiger charge is -2.25. The number of benzene rings is 1. The van der Waals surface area contributed by atoms with Crippen molar-refractivity contribution in [3.8, 4) is 0 Å². The fraction of sp³-hybridized carbons (Fsp3) is 0.462. The van der Waals surface area contributed by atoms with Crippen LogP contribution < -0.4 is 0 Å². The van der Waals surface area contributed by atoms with Gasteiger partial charge in [0, 0.05) is 6.54 Å². The van der Waals surface area contributed by atoms with Crippen molar-refractivity contribution in [2.24, 2.45) is 0 Å². The van der Waals surface area contributed by atoms with Crippen molar-refractivity contribution < 1.29 is 9.18 Å². The van der Waals surface area contributed by atoms with E-state index in [-0.39, 0.29) is 22.6 Å². The van der Waals surface area contributed by atoms with E-state index < -0.39 is 0 Å². The van der Waals surface area contributed by atoms with Gasteiger partial charge in [0.05, 0.1) is 10.9 Å². The molecule has 1 aliphatic rings. The van der Waals surface area contributed by atoms with Crippen LogP contribution in [0.3, 0.4) is 0 Å². The molecule has 2 nitrogen and oxygen atoms in total. The number of amides is 1. The summed E-state index contributed by atoms with van der Waals surface area (Å²) in [5.41, 5.74) is 1.48. The second-order valence-corrected chi connectivity index (χ2v) is 5.58. The van der Waals surface area contributed by atoms with Gasteiger partial charge in [-0.25, -0.2) is 4.39 Å². The fourth-order valence-electron chi connectivity index (χ4n) is 2.10. The lowest BCUT2D eigenvalue weighted by molar-refractivity contribution is -0.129. The molecule has 1 saturated heterocycles. The maximum Gasteiger partial charge on any atom is 0.236 e. The molecule has 0 aromatic heterocycles. The van der Waals surface area contributed by atoms with Gasteiger partial charge in [0.1, 0.15) is 5.82 Å². The van der Waals surface area contributed by atoms with Gasteiger partial charge >= 0.3 is 0 Å². The van der Waals surface area contributed by atoms with Crippen molar-refractivity contribution in [1.29, 1.82) is 0 Å². The number of nitrogens with zero attached hydrogens (tertiary/aromatic N) is 1. The first kappa shape index (κ1) is 12.6. The van der Waals surface area contributed by atoms with Crippen LogP contribution >= 0.6 is 15.9 Å². The number of carbonyl (C=O) groups is 1. The summed E-state index contributed by atoms with van der Waals surface area (Å²) in [4.78, 5) is 13.6. The Labute approximate surface area is 109 Å². The van der Waals surface area contributed by atoms with Crippen LogP contribution in [0.5, 0.6) is 0 Å². The van der Waals surface area contributed by atoms with E-state index in [0.29, 0.717) is 5.56 Å². The Hall–Kier alpha value is -0.900. The minimum Gasteiger partial charge on any atom is -0.335 e. The molecule has 2 unspecified atom stereocenters. The minimum atomic E-state index is -0.212. The third kappa shape index (κ3) is 2.37. The van der Waals surface area contributed by atoms with Gasteiger partial charge in [-0.1, -0.05) is 28.1 Å². The van der Waals surface area contributed by atoms with Gasteiger partial charge in [-0.3, -0.25) is 4.79 Å². The smallest absolute Gasteiger partial charge is 0.236 e. The molecule has 0 N–H and O–H groups in total. The van der Waals surface area contributed by atoms with E-state index in [0.717, 1.165) is 18.5 Å². The third-order valence-electron chi connectivity index (χ3n) is 3.32. The van der Waals surface area contributed by atoms with Crippen molar-refractivity contribution in [3.05, 3.63) is 35.1 Å². The molecule has 0 radical (unpaired) electrons. The largest absolute Gasteiger partial charge is 0.335 e. The molecule has 0 saturated carbocycles. The quantitative estimate of drug-likeness (QED) is 0.768. The van der Waals surface area contributed by atoms with Crippen LogP contribution in [0.2, 0.25) is 0 Å². The molecule has 1 amide bonds. The van der Waals surface area contributed by atoms with E-state index >= 15 is 0 Å². The Kier molecular flexibility index (Phi) is 3.52. The highest BCUT2D eigenvalue weighted by molar-refractivity contribution is 9.10. The van der Waals surface area contributed by atoms with Crippen LogP contribution in [0.1, 0.15) is 30.5 Å². The number of hydrogen-bond donors (Lipinski definition) is 0. The highest BCUT2D eigenvalue weighted by Crippen LogP contribution is 2.29. The van der Waals surface area contributed by atoms with Gasteiger partial charge in [-0.15, -0.1) is 0 Å².